The highest BCUT2D eigenvalue weighted by Crippen LogP contribution is 2.26. The number of hydrogen-bond acceptors (Lipinski definition) is 7. The van der Waals surface area contributed by atoms with Gasteiger partial charge in [0.2, 0.25) is 0 Å². The Balaban J connectivity index is 1.32. The molecule has 1 aliphatic rings. The summed E-state index contributed by atoms with van der Waals surface area (Å²) in [6.45, 7) is 0.904. The molecular formula is C25H26N2O6S2. The first-order chi connectivity index (χ1) is 16.9. The lowest BCUT2D eigenvalue weighted by Crippen LogP contribution is -2.40. The van der Waals surface area contributed by atoms with Crippen molar-refractivity contribution in [3.05, 3.63) is 88.8 Å². The molecule has 1 N–H and O–H groups in total. The van der Waals surface area contributed by atoms with Crippen LogP contribution >= 0.6 is 11.3 Å². The van der Waals surface area contributed by atoms with Gasteiger partial charge in [0.05, 0.1) is 25.7 Å². The molecule has 0 saturated carbocycles. The molecule has 4 rings (SSSR count). The van der Waals surface area contributed by atoms with Crippen LogP contribution in [-0.2, 0) is 35.5 Å². The SMILES string of the molecule is O=C(COC(=O)Cc1ccc(S(=O)(=O)N2CCOCC2)s1)NC(c1ccccc1)c1ccccc1. The first kappa shape index (κ1) is 25.1. The molecular weight excluding hydrogens is 488 g/mol. The minimum absolute atomic E-state index is 0.114. The lowest BCUT2D eigenvalue weighted by atomic mass is 9.99. The van der Waals surface area contributed by atoms with Crippen molar-refractivity contribution in [3.8, 4) is 0 Å². The molecule has 1 saturated heterocycles. The summed E-state index contributed by atoms with van der Waals surface area (Å²) < 4.78 is 37.4. The Kier molecular flexibility index (Phi) is 8.29. The molecule has 2 aromatic carbocycles. The van der Waals surface area contributed by atoms with E-state index in [1.54, 1.807) is 6.07 Å². The van der Waals surface area contributed by atoms with E-state index in [-0.39, 0.29) is 16.7 Å². The fourth-order valence-electron chi connectivity index (χ4n) is 3.70. The van der Waals surface area contributed by atoms with Gasteiger partial charge in [0, 0.05) is 18.0 Å². The van der Waals surface area contributed by atoms with Crippen LogP contribution in [0.1, 0.15) is 22.0 Å². The molecule has 1 amide bonds. The summed E-state index contributed by atoms with van der Waals surface area (Å²) in [6, 6.07) is 21.8. The average molecular weight is 515 g/mol. The van der Waals surface area contributed by atoms with E-state index in [0.29, 0.717) is 31.2 Å². The number of carbonyl (C=O) groups is 2. The third-order valence-electron chi connectivity index (χ3n) is 5.46. The van der Waals surface area contributed by atoms with Crippen molar-refractivity contribution >= 4 is 33.2 Å². The molecule has 2 heterocycles. The van der Waals surface area contributed by atoms with Crippen LogP contribution in [-0.4, -0.2) is 57.5 Å². The van der Waals surface area contributed by atoms with Gasteiger partial charge in [-0.3, -0.25) is 9.59 Å². The molecule has 1 aromatic heterocycles. The second kappa shape index (κ2) is 11.6. The maximum Gasteiger partial charge on any atom is 0.311 e. The van der Waals surface area contributed by atoms with Crippen LogP contribution in [0.5, 0.6) is 0 Å². The maximum absolute atomic E-state index is 12.7. The third-order valence-corrected chi connectivity index (χ3v) is 8.91. The molecule has 0 bridgehead atoms. The first-order valence-electron chi connectivity index (χ1n) is 11.1. The minimum Gasteiger partial charge on any atom is -0.455 e. The van der Waals surface area contributed by atoms with Crippen LogP contribution in [0, 0.1) is 0 Å². The van der Waals surface area contributed by atoms with Gasteiger partial charge in [-0.1, -0.05) is 60.7 Å². The Bertz CT molecular complexity index is 1200. The zero-order chi connectivity index (χ0) is 24.7. The summed E-state index contributed by atoms with van der Waals surface area (Å²) in [6.07, 6.45) is -0.114. The number of ether oxygens (including phenoxy) is 2. The van der Waals surface area contributed by atoms with Crippen LogP contribution in [0.3, 0.4) is 0 Å². The van der Waals surface area contributed by atoms with Crippen molar-refractivity contribution in [2.45, 2.75) is 16.7 Å². The van der Waals surface area contributed by atoms with Gasteiger partial charge in [-0.15, -0.1) is 11.3 Å². The number of esters is 1. The number of thiophene rings is 1. The van der Waals surface area contributed by atoms with Crippen molar-refractivity contribution in [3.63, 3.8) is 0 Å². The van der Waals surface area contributed by atoms with E-state index in [0.717, 1.165) is 22.5 Å². The zero-order valence-electron chi connectivity index (χ0n) is 19.0. The second-order valence-electron chi connectivity index (χ2n) is 7.90. The first-order valence-corrected chi connectivity index (χ1v) is 13.4. The maximum atomic E-state index is 12.7. The van der Waals surface area contributed by atoms with Gasteiger partial charge >= 0.3 is 5.97 Å². The monoisotopic (exact) mass is 514 g/mol. The summed E-state index contributed by atoms with van der Waals surface area (Å²) in [5.74, 6) is -1.04. The minimum atomic E-state index is -3.61. The van der Waals surface area contributed by atoms with E-state index in [1.807, 2.05) is 60.7 Å². The number of hydrogen-bond donors (Lipinski definition) is 1. The Morgan fingerprint density at radius 3 is 2.14 bits per heavy atom. The average Bonchev–Trinajstić information content (AvgIpc) is 3.37. The summed E-state index contributed by atoms with van der Waals surface area (Å²) >= 11 is 1.03. The molecule has 35 heavy (non-hydrogen) atoms. The number of sulfonamides is 1. The number of nitrogens with zero attached hydrogens (tertiary/aromatic N) is 1. The number of nitrogens with one attached hydrogen (secondary N) is 1. The van der Waals surface area contributed by atoms with Gasteiger partial charge in [0.15, 0.2) is 6.61 Å². The van der Waals surface area contributed by atoms with E-state index < -0.39 is 28.5 Å². The highest BCUT2D eigenvalue weighted by Gasteiger charge is 2.28. The van der Waals surface area contributed by atoms with Crippen LogP contribution in [0.4, 0.5) is 0 Å². The smallest absolute Gasteiger partial charge is 0.311 e. The molecule has 10 heteroatoms. The summed E-state index contributed by atoms with van der Waals surface area (Å²) in [4.78, 5) is 25.5. The number of morpholine rings is 1. The van der Waals surface area contributed by atoms with E-state index in [9.17, 15) is 18.0 Å². The summed E-state index contributed by atoms with van der Waals surface area (Å²) in [5.41, 5.74) is 1.82. The Labute approximate surface area is 208 Å². The molecule has 0 aliphatic carbocycles. The predicted octanol–water partition coefficient (Wildman–Crippen LogP) is 2.76. The Morgan fingerprint density at radius 2 is 1.54 bits per heavy atom. The Morgan fingerprint density at radius 1 is 0.943 bits per heavy atom. The fourth-order valence-corrected chi connectivity index (χ4v) is 6.60. The molecule has 184 valence electrons. The number of rotatable bonds is 9. The summed E-state index contributed by atoms with van der Waals surface area (Å²) in [5, 5.41) is 2.92. The van der Waals surface area contributed by atoms with Crippen molar-refractivity contribution in [2.24, 2.45) is 0 Å². The van der Waals surface area contributed by atoms with Gasteiger partial charge in [-0.25, -0.2) is 8.42 Å². The number of carbonyl (C=O) groups excluding carboxylic acids is 2. The van der Waals surface area contributed by atoms with Crippen molar-refractivity contribution in [1.29, 1.82) is 0 Å². The summed E-state index contributed by atoms with van der Waals surface area (Å²) in [7, 11) is -3.61. The molecule has 1 fully saturated rings. The normalized spacial score (nSPS) is 14.5. The van der Waals surface area contributed by atoms with Gasteiger partial charge in [-0.2, -0.15) is 4.31 Å². The fraction of sp³-hybridized carbons (Fsp3) is 0.280. The van der Waals surface area contributed by atoms with E-state index >= 15 is 0 Å². The molecule has 8 nitrogen and oxygen atoms in total. The van der Waals surface area contributed by atoms with Crippen molar-refractivity contribution in [1.82, 2.24) is 9.62 Å². The van der Waals surface area contributed by atoms with Crippen LogP contribution in [0.25, 0.3) is 0 Å². The topological polar surface area (TPSA) is 102 Å². The molecule has 0 spiro atoms. The molecule has 0 unspecified atom stereocenters. The van der Waals surface area contributed by atoms with E-state index in [2.05, 4.69) is 5.32 Å². The van der Waals surface area contributed by atoms with Gasteiger partial charge in [0.25, 0.3) is 15.9 Å². The van der Waals surface area contributed by atoms with Crippen molar-refractivity contribution in [2.75, 3.05) is 32.9 Å². The third kappa shape index (κ3) is 6.55. The van der Waals surface area contributed by atoms with Crippen LogP contribution in [0.15, 0.2) is 77.0 Å². The van der Waals surface area contributed by atoms with Crippen LogP contribution < -0.4 is 5.32 Å². The molecule has 0 atom stereocenters. The van der Waals surface area contributed by atoms with Gasteiger partial charge in [-0.05, 0) is 23.3 Å². The highest BCUT2D eigenvalue weighted by molar-refractivity contribution is 7.91. The standard InChI is InChI=1S/C25H26N2O6S2/c28-22(26-25(19-7-3-1-4-8-19)20-9-5-2-6-10-20)18-33-23(29)17-21-11-12-24(34-21)35(30,31)27-13-15-32-16-14-27/h1-12,25H,13-18H2,(H,26,28). The predicted molar refractivity (Wildman–Crippen MR) is 131 cm³/mol. The van der Waals surface area contributed by atoms with E-state index in [1.165, 1.54) is 10.4 Å². The number of amides is 1. The van der Waals surface area contributed by atoms with E-state index in [4.69, 9.17) is 9.47 Å². The highest BCUT2D eigenvalue weighted by atomic mass is 32.2. The molecule has 3 aromatic rings. The number of benzene rings is 2. The quantitative estimate of drug-likeness (QED) is 0.441. The zero-order valence-corrected chi connectivity index (χ0v) is 20.6. The van der Waals surface area contributed by atoms with Crippen molar-refractivity contribution < 1.29 is 27.5 Å². The molecule has 0 radical (unpaired) electrons. The lowest BCUT2D eigenvalue weighted by Gasteiger charge is -2.25. The van der Waals surface area contributed by atoms with Gasteiger partial charge < -0.3 is 14.8 Å². The van der Waals surface area contributed by atoms with Gasteiger partial charge in [0.1, 0.15) is 4.21 Å². The largest absolute Gasteiger partial charge is 0.455 e. The Hall–Kier alpha value is -3.05. The lowest BCUT2D eigenvalue weighted by molar-refractivity contribution is -0.148. The second-order valence-corrected chi connectivity index (χ2v) is 11.2. The van der Waals surface area contributed by atoms with Crippen LogP contribution in [0.2, 0.25) is 0 Å². The molecule has 1 aliphatic heterocycles.